The number of rotatable bonds is 3. The molecule has 5 nitrogen and oxygen atoms in total. The van der Waals surface area contributed by atoms with Crippen LogP contribution in [-0.4, -0.2) is 7.11 Å². The van der Waals surface area contributed by atoms with Gasteiger partial charge in [-0.25, -0.2) is 4.79 Å². The number of halogens is 2. The largest absolute Gasteiger partial charge is 0.497 e. The Hall–Kier alpha value is -3.15. The number of benzene rings is 2. The monoisotopic (exact) mass is 426 g/mol. The highest BCUT2D eigenvalue weighted by molar-refractivity contribution is 6.38. The zero-order valence-corrected chi connectivity index (χ0v) is 16.5. The van der Waals surface area contributed by atoms with Crippen molar-refractivity contribution in [2.45, 2.75) is 0 Å². The maximum Gasteiger partial charge on any atom is 0.336 e. The lowest BCUT2D eigenvalue weighted by Gasteiger charge is -2.07. The van der Waals surface area contributed by atoms with Crippen molar-refractivity contribution in [2.75, 3.05) is 7.11 Å². The Bertz CT molecular complexity index is 1430. The van der Waals surface area contributed by atoms with E-state index in [1.165, 1.54) is 6.07 Å². The lowest BCUT2D eigenvalue weighted by molar-refractivity contribution is 0.415. The quantitative estimate of drug-likeness (QED) is 0.297. The topological polar surface area (TPSA) is 65.7 Å². The smallest absolute Gasteiger partial charge is 0.336 e. The van der Waals surface area contributed by atoms with Crippen LogP contribution in [0.3, 0.4) is 0 Å². The van der Waals surface area contributed by atoms with Crippen LogP contribution in [0, 0.1) is 0 Å². The first kappa shape index (κ1) is 17.9. The summed E-state index contributed by atoms with van der Waals surface area (Å²) >= 11 is 12.6. The molecule has 0 N–H and O–H groups in total. The molecule has 0 atom stereocenters. The Kier molecular flexibility index (Phi) is 4.15. The molecule has 0 unspecified atom stereocenters. The van der Waals surface area contributed by atoms with Crippen LogP contribution in [0.25, 0.3) is 44.6 Å². The molecule has 5 rings (SSSR count). The zero-order valence-electron chi connectivity index (χ0n) is 15.0. The normalized spacial score (nSPS) is 11.4. The van der Waals surface area contributed by atoms with E-state index in [-0.39, 0.29) is 0 Å². The predicted molar refractivity (Wildman–Crippen MR) is 112 cm³/mol. The molecule has 0 saturated carbocycles. The first-order chi connectivity index (χ1) is 14.0. The predicted octanol–water partition coefficient (Wildman–Crippen LogP) is 6.78. The summed E-state index contributed by atoms with van der Waals surface area (Å²) in [5.41, 5.74) is 1.52. The van der Waals surface area contributed by atoms with Crippen LogP contribution in [0.1, 0.15) is 0 Å². The molecule has 0 radical (unpaired) electrons. The second-order valence-electron chi connectivity index (χ2n) is 6.39. The second-order valence-corrected chi connectivity index (χ2v) is 7.23. The van der Waals surface area contributed by atoms with Crippen LogP contribution in [0.4, 0.5) is 0 Å². The van der Waals surface area contributed by atoms with Gasteiger partial charge in [-0.05, 0) is 42.5 Å². The number of ether oxygens (including phenoxy) is 1. The second kappa shape index (κ2) is 6.72. The molecule has 0 aliphatic rings. The van der Waals surface area contributed by atoms with Crippen LogP contribution in [0.2, 0.25) is 10.0 Å². The van der Waals surface area contributed by atoms with Gasteiger partial charge in [-0.3, -0.25) is 0 Å². The van der Waals surface area contributed by atoms with E-state index in [2.05, 4.69) is 0 Å². The summed E-state index contributed by atoms with van der Waals surface area (Å²) in [5.74, 6) is 1.59. The van der Waals surface area contributed by atoms with Gasteiger partial charge in [0.25, 0.3) is 0 Å². The Balaban J connectivity index is 1.95. The van der Waals surface area contributed by atoms with Crippen molar-refractivity contribution in [1.29, 1.82) is 0 Å². The van der Waals surface area contributed by atoms with E-state index in [0.717, 1.165) is 0 Å². The molecule has 0 aliphatic heterocycles. The highest BCUT2D eigenvalue weighted by atomic mass is 35.5. The lowest BCUT2D eigenvalue weighted by atomic mass is 10.0. The van der Waals surface area contributed by atoms with Gasteiger partial charge in [0.05, 0.1) is 24.0 Å². The fourth-order valence-corrected chi connectivity index (χ4v) is 3.97. The van der Waals surface area contributed by atoms with Crippen LogP contribution in [0.5, 0.6) is 5.75 Å². The van der Waals surface area contributed by atoms with Gasteiger partial charge in [0.2, 0.25) is 0 Å². The van der Waals surface area contributed by atoms with Gasteiger partial charge in [-0.15, -0.1) is 0 Å². The van der Waals surface area contributed by atoms with Crippen molar-refractivity contribution in [3.8, 4) is 28.4 Å². The minimum absolute atomic E-state index is 0.358. The van der Waals surface area contributed by atoms with Crippen LogP contribution in [0.15, 0.2) is 72.8 Å². The van der Waals surface area contributed by atoms with E-state index in [1.54, 1.807) is 55.8 Å². The third-order valence-electron chi connectivity index (χ3n) is 4.67. The Labute approximate surface area is 174 Å². The van der Waals surface area contributed by atoms with E-state index in [0.29, 0.717) is 60.4 Å². The molecule has 3 heterocycles. The SMILES string of the molecule is COc1ccc2oc(=O)cc(-c3oc4c(Cl)cc(Cl)cc4c3-c3ccco3)c2c1. The van der Waals surface area contributed by atoms with Crippen molar-refractivity contribution >= 4 is 45.1 Å². The molecule has 29 heavy (non-hydrogen) atoms. The van der Waals surface area contributed by atoms with Crippen molar-refractivity contribution in [3.63, 3.8) is 0 Å². The number of furan rings is 2. The van der Waals surface area contributed by atoms with Crippen LogP contribution < -0.4 is 10.4 Å². The summed E-state index contributed by atoms with van der Waals surface area (Å²) in [7, 11) is 1.57. The molecule has 144 valence electrons. The molecule has 0 saturated heterocycles. The third kappa shape index (κ3) is 2.90. The maximum absolute atomic E-state index is 12.3. The molecular formula is C22H12Cl2O5. The Morgan fingerprint density at radius 2 is 1.83 bits per heavy atom. The van der Waals surface area contributed by atoms with E-state index in [9.17, 15) is 4.79 Å². The standard InChI is InChI=1S/C22H12Cl2O5/c1-26-12-4-5-17-13(9-12)14(10-19(25)28-17)22-20(18-3-2-6-27-18)15-7-11(23)8-16(24)21(15)29-22/h2-10H,1H3. The van der Waals surface area contributed by atoms with E-state index >= 15 is 0 Å². The van der Waals surface area contributed by atoms with Gasteiger partial charge in [0, 0.05) is 27.4 Å². The fraction of sp³-hybridized carbons (Fsp3) is 0.0455. The first-order valence-corrected chi connectivity index (χ1v) is 9.38. The van der Waals surface area contributed by atoms with Gasteiger partial charge in [-0.1, -0.05) is 23.2 Å². The van der Waals surface area contributed by atoms with Crippen LogP contribution in [-0.2, 0) is 0 Å². The maximum atomic E-state index is 12.3. The molecule has 5 aromatic rings. The number of methoxy groups -OCH3 is 1. The average Bonchev–Trinajstić information content (AvgIpc) is 3.34. The van der Waals surface area contributed by atoms with E-state index < -0.39 is 5.63 Å². The van der Waals surface area contributed by atoms with Crippen molar-refractivity contribution in [3.05, 3.63) is 75.3 Å². The molecular weight excluding hydrogens is 415 g/mol. The Morgan fingerprint density at radius 1 is 0.966 bits per heavy atom. The molecule has 0 aliphatic carbocycles. The van der Waals surface area contributed by atoms with E-state index in [1.807, 2.05) is 0 Å². The van der Waals surface area contributed by atoms with Gasteiger partial charge in [-0.2, -0.15) is 0 Å². The van der Waals surface area contributed by atoms with Crippen LogP contribution >= 0.6 is 23.2 Å². The van der Waals surface area contributed by atoms with Gasteiger partial charge >= 0.3 is 5.63 Å². The van der Waals surface area contributed by atoms with E-state index in [4.69, 9.17) is 41.2 Å². The molecule has 0 bridgehead atoms. The molecule has 3 aromatic heterocycles. The summed E-state index contributed by atoms with van der Waals surface area (Å²) in [4.78, 5) is 12.3. The lowest BCUT2D eigenvalue weighted by Crippen LogP contribution is -1.98. The number of hydrogen-bond donors (Lipinski definition) is 0. The molecule has 0 fully saturated rings. The summed E-state index contributed by atoms with van der Waals surface area (Å²) in [6, 6.07) is 13.5. The summed E-state index contributed by atoms with van der Waals surface area (Å²) in [5, 5.41) is 2.15. The fourth-order valence-electron chi connectivity index (χ4n) is 3.44. The number of hydrogen-bond acceptors (Lipinski definition) is 5. The number of fused-ring (bicyclic) bond motifs is 2. The van der Waals surface area contributed by atoms with Crippen molar-refractivity contribution in [2.24, 2.45) is 0 Å². The minimum Gasteiger partial charge on any atom is -0.497 e. The third-order valence-corrected chi connectivity index (χ3v) is 5.17. The van der Waals surface area contributed by atoms with Crippen molar-refractivity contribution < 1.29 is 18.0 Å². The van der Waals surface area contributed by atoms with Crippen molar-refractivity contribution in [1.82, 2.24) is 0 Å². The Morgan fingerprint density at radius 3 is 2.59 bits per heavy atom. The van der Waals surface area contributed by atoms with Gasteiger partial charge in [0.1, 0.15) is 22.9 Å². The highest BCUT2D eigenvalue weighted by Crippen LogP contribution is 2.45. The minimum atomic E-state index is -0.507. The average molecular weight is 427 g/mol. The zero-order chi connectivity index (χ0) is 20.1. The first-order valence-electron chi connectivity index (χ1n) is 8.63. The molecule has 7 heteroatoms. The summed E-state index contributed by atoms with van der Waals surface area (Å²) in [6.07, 6.45) is 1.56. The molecule has 2 aromatic carbocycles. The molecule has 0 amide bonds. The van der Waals surface area contributed by atoms with Gasteiger partial charge in [0.15, 0.2) is 5.58 Å². The summed E-state index contributed by atoms with van der Waals surface area (Å²) in [6.45, 7) is 0. The van der Waals surface area contributed by atoms with Gasteiger partial charge < -0.3 is 18.0 Å². The highest BCUT2D eigenvalue weighted by Gasteiger charge is 2.24. The summed E-state index contributed by atoms with van der Waals surface area (Å²) < 4.78 is 22.5. The molecule has 0 spiro atoms.